The summed E-state index contributed by atoms with van der Waals surface area (Å²) >= 11 is 0. The van der Waals surface area contributed by atoms with Crippen molar-refractivity contribution < 1.29 is 4.74 Å². The number of ether oxygens (including phenoxy) is 1. The third-order valence-corrected chi connectivity index (χ3v) is 4.82. The second-order valence-corrected chi connectivity index (χ2v) is 6.35. The fraction of sp³-hybridized carbons (Fsp3) is 1.00. The van der Waals surface area contributed by atoms with Crippen molar-refractivity contribution in [1.29, 1.82) is 0 Å². The van der Waals surface area contributed by atoms with Gasteiger partial charge in [-0.1, -0.05) is 0 Å². The van der Waals surface area contributed by atoms with Gasteiger partial charge in [0.1, 0.15) is 0 Å². The number of methoxy groups -OCH3 is 1. The van der Waals surface area contributed by atoms with Crippen LogP contribution in [0.15, 0.2) is 0 Å². The lowest BCUT2D eigenvalue weighted by molar-refractivity contribution is 0.0763. The standard InChI is InChI=1S/C15H30N2O/c1-18-12-15-3-2-8-17(11-15)10-14-6-4-13(9-16)5-7-14/h13-15H,2-12,16H2,1H3. The van der Waals surface area contributed by atoms with Gasteiger partial charge in [-0.15, -0.1) is 0 Å². The highest BCUT2D eigenvalue weighted by Crippen LogP contribution is 2.29. The zero-order chi connectivity index (χ0) is 12.8. The quantitative estimate of drug-likeness (QED) is 0.816. The lowest BCUT2D eigenvalue weighted by atomic mass is 9.81. The number of likely N-dealkylation sites (tertiary alicyclic amines) is 1. The molecule has 2 aliphatic rings. The number of hydrogen-bond donors (Lipinski definition) is 1. The maximum absolute atomic E-state index is 5.76. The highest BCUT2D eigenvalue weighted by atomic mass is 16.5. The third kappa shape index (κ3) is 4.22. The molecule has 3 heteroatoms. The van der Waals surface area contributed by atoms with Gasteiger partial charge in [-0.3, -0.25) is 0 Å². The molecule has 18 heavy (non-hydrogen) atoms. The first-order valence-corrected chi connectivity index (χ1v) is 7.73. The monoisotopic (exact) mass is 254 g/mol. The molecule has 0 aromatic rings. The van der Waals surface area contributed by atoms with Crippen molar-refractivity contribution in [3.05, 3.63) is 0 Å². The van der Waals surface area contributed by atoms with Gasteiger partial charge in [0.15, 0.2) is 0 Å². The molecule has 0 spiro atoms. The Morgan fingerprint density at radius 1 is 1.06 bits per heavy atom. The molecule has 1 unspecified atom stereocenters. The van der Waals surface area contributed by atoms with E-state index in [0.29, 0.717) is 0 Å². The Morgan fingerprint density at radius 3 is 2.44 bits per heavy atom. The maximum atomic E-state index is 5.76. The second kappa shape index (κ2) is 7.46. The van der Waals surface area contributed by atoms with Gasteiger partial charge in [0.2, 0.25) is 0 Å². The summed E-state index contributed by atoms with van der Waals surface area (Å²) in [5.41, 5.74) is 5.76. The number of nitrogens with zero attached hydrogens (tertiary/aromatic N) is 1. The molecule has 1 aliphatic carbocycles. The van der Waals surface area contributed by atoms with E-state index in [1.165, 1.54) is 58.2 Å². The molecule has 106 valence electrons. The third-order valence-electron chi connectivity index (χ3n) is 4.82. The van der Waals surface area contributed by atoms with E-state index in [-0.39, 0.29) is 0 Å². The van der Waals surface area contributed by atoms with Gasteiger partial charge in [-0.05, 0) is 69.4 Å². The van der Waals surface area contributed by atoms with E-state index in [9.17, 15) is 0 Å². The van der Waals surface area contributed by atoms with Crippen molar-refractivity contribution in [2.24, 2.45) is 23.5 Å². The lowest BCUT2D eigenvalue weighted by Crippen LogP contribution is -2.40. The van der Waals surface area contributed by atoms with Crippen molar-refractivity contribution in [3.63, 3.8) is 0 Å². The predicted molar refractivity (Wildman–Crippen MR) is 75.5 cm³/mol. The first kappa shape index (κ1) is 14.3. The van der Waals surface area contributed by atoms with Crippen molar-refractivity contribution in [2.45, 2.75) is 38.5 Å². The molecule has 3 nitrogen and oxygen atoms in total. The average Bonchev–Trinajstić information content (AvgIpc) is 2.40. The van der Waals surface area contributed by atoms with Crippen LogP contribution in [-0.2, 0) is 4.74 Å². The highest BCUT2D eigenvalue weighted by molar-refractivity contribution is 4.79. The zero-order valence-electron chi connectivity index (χ0n) is 11.9. The molecule has 2 rings (SSSR count). The van der Waals surface area contributed by atoms with Gasteiger partial charge in [-0.25, -0.2) is 0 Å². The molecule has 0 bridgehead atoms. The Bertz CT molecular complexity index is 225. The molecule has 2 fully saturated rings. The summed E-state index contributed by atoms with van der Waals surface area (Å²) in [6.45, 7) is 5.71. The van der Waals surface area contributed by atoms with Gasteiger partial charge in [-0.2, -0.15) is 0 Å². The summed E-state index contributed by atoms with van der Waals surface area (Å²) in [4.78, 5) is 2.68. The van der Waals surface area contributed by atoms with E-state index in [1.807, 2.05) is 7.11 Å². The van der Waals surface area contributed by atoms with Gasteiger partial charge < -0.3 is 15.4 Å². The number of hydrogen-bond acceptors (Lipinski definition) is 3. The van der Waals surface area contributed by atoms with Gasteiger partial charge in [0.05, 0.1) is 6.61 Å². The second-order valence-electron chi connectivity index (χ2n) is 6.35. The van der Waals surface area contributed by atoms with Crippen LogP contribution in [0.25, 0.3) is 0 Å². The molecule has 2 N–H and O–H groups in total. The summed E-state index contributed by atoms with van der Waals surface area (Å²) in [5, 5.41) is 0. The van der Waals surface area contributed by atoms with Crippen LogP contribution in [0.3, 0.4) is 0 Å². The minimum absolute atomic E-state index is 0.768. The minimum Gasteiger partial charge on any atom is -0.384 e. The van der Waals surface area contributed by atoms with Crippen molar-refractivity contribution >= 4 is 0 Å². The summed E-state index contributed by atoms with van der Waals surface area (Å²) in [6.07, 6.45) is 8.21. The van der Waals surface area contributed by atoms with Crippen LogP contribution in [0.2, 0.25) is 0 Å². The summed E-state index contributed by atoms with van der Waals surface area (Å²) in [7, 11) is 1.83. The van der Waals surface area contributed by atoms with E-state index in [0.717, 1.165) is 30.9 Å². The number of rotatable bonds is 5. The Hall–Kier alpha value is -0.120. The van der Waals surface area contributed by atoms with E-state index in [2.05, 4.69) is 4.90 Å². The summed E-state index contributed by atoms with van der Waals surface area (Å²) < 4.78 is 5.31. The smallest absolute Gasteiger partial charge is 0.0502 e. The van der Waals surface area contributed by atoms with E-state index >= 15 is 0 Å². The van der Waals surface area contributed by atoms with Crippen LogP contribution >= 0.6 is 0 Å². The molecule has 1 saturated carbocycles. The van der Waals surface area contributed by atoms with Crippen LogP contribution in [0, 0.1) is 17.8 Å². The van der Waals surface area contributed by atoms with Crippen LogP contribution in [0.4, 0.5) is 0 Å². The van der Waals surface area contributed by atoms with Crippen LogP contribution in [0.5, 0.6) is 0 Å². The highest BCUT2D eigenvalue weighted by Gasteiger charge is 2.25. The molecule has 0 amide bonds. The van der Waals surface area contributed by atoms with Crippen LogP contribution < -0.4 is 5.73 Å². The molecular formula is C15H30N2O. The van der Waals surface area contributed by atoms with Crippen LogP contribution in [0.1, 0.15) is 38.5 Å². The Balaban J connectivity index is 1.69. The Labute approximate surface area is 112 Å². The first-order valence-electron chi connectivity index (χ1n) is 7.73. The predicted octanol–water partition coefficient (Wildman–Crippen LogP) is 2.11. The molecule has 1 saturated heterocycles. The lowest BCUT2D eigenvalue weighted by Gasteiger charge is -2.37. The minimum atomic E-state index is 0.768. The van der Waals surface area contributed by atoms with Gasteiger partial charge in [0, 0.05) is 20.2 Å². The van der Waals surface area contributed by atoms with Gasteiger partial charge in [0.25, 0.3) is 0 Å². The molecule has 0 radical (unpaired) electrons. The van der Waals surface area contributed by atoms with Crippen molar-refractivity contribution in [3.8, 4) is 0 Å². The molecule has 1 atom stereocenters. The maximum Gasteiger partial charge on any atom is 0.0502 e. The largest absolute Gasteiger partial charge is 0.384 e. The average molecular weight is 254 g/mol. The fourth-order valence-corrected chi connectivity index (χ4v) is 3.70. The topological polar surface area (TPSA) is 38.5 Å². The SMILES string of the molecule is COCC1CCCN(CC2CCC(CN)CC2)C1. The molecule has 0 aromatic carbocycles. The molecular weight excluding hydrogens is 224 g/mol. The first-order chi connectivity index (χ1) is 8.81. The summed E-state index contributed by atoms with van der Waals surface area (Å²) in [5.74, 6) is 2.50. The zero-order valence-corrected chi connectivity index (χ0v) is 11.9. The summed E-state index contributed by atoms with van der Waals surface area (Å²) in [6, 6.07) is 0. The molecule has 1 heterocycles. The van der Waals surface area contributed by atoms with Crippen molar-refractivity contribution in [2.75, 3.05) is 39.9 Å². The van der Waals surface area contributed by atoms with Crippen LogP contribution in [-0.4, -0.2) is 44.8 Å². The van der Waals surface area contributed by atoms with E-state index in [1.54, 1.807) is 0 Å². The van der Waals surface area contributed by atoms with Gasteiger partial charge >= 0.3 is 0 Å². The normalized spacial score (nSPS) is 34.7. The Kier molecular flexibility index (Phi) is 5.93. The van der Waals surface area contributed by atoms with E-state index in [4.69, 9.17) is 10.5 Å². The van der Waals surface area contributed by atoms with Crippen molar-refractivity contribution in [1.82, 2.24) is 4.90 Å². The Morgan fingerprint density at radius 2 is 1.78 bits per heavy atom. The number of piperidine rings is 1. The fourth-order valence-electron chi connectivity index (χ4n) is 3.70. The molecule has 1 aliphatic heterocycles. The number of nitrogens with two attached hydrogens (primary N) is 1. The molecule has 0 aromatic heterocycles. The van der Waals surface area contributed by atoms with E-state index < -0.39 is 0 Å².